The summed E-state index contributed by atoms with van der Waals surface area (Å²) in [6.07, 6.45) is 6.10. The largest absolute Gasteiger partial charge is 0.314 e. The predicted molar refractivity (Wildman–Crippen MR) is 66.4 cm³/mol. The van der Waals surface area contributed by atoms with Crippen LogP contribution in [0.15, 0.2) is 6.33 Å². The SMILES string of the molecule is CCCNC(C)CCc1ncnn1CCC. The fourth-order valence-electron chi connectivity index (χ4n) is 1.72. The molecule has 4 heteroatoms. The first-order valence-corrected chi connectivity index (χ1v) is 6.38. The molecule has 16 heavy (non-hydrogen) atoms. The molecule has 0 radical (unpaired) electrons. The molecule has 4 nitrogen and oxygen atoms in total. The molecular formula is C12H24N4. The number of hydrogen-bond donors (Lipinski definition) is 1. The maximum absolute atomic E-state index is 4.31. The molecule has 0 aliphatic heterocycles. The summed E-state index contributed by atoms with van der Waals surface area (Å²) in [6, 6.07) is 0.562. The van der Waals surface area contributed by atoms with Gasteiger partial charge >= 0.3 is 0 Å². The van der Waals surface area contributed by atoms with Crippen molar-refractivity contribution in [1.29, 1.82) is 0 Å². The van der Waals surface area contributed by atoms with Gasteiger partial charge in [-0.25, -0.2) is 4.98 Å². The van der Waals surface area contributed by atoms with Gasteiger partial charge in [-0.3, -0.25) is 4.68 Å². The number of nitrogens with zero attached hydrogens (tertiary/aromatic N) is 3. The van der Waals surface area contributed by atoms with Gasteiger partial charge < -0.3 is 5.32 Å². The molecule has 1 N–H and O–H groups in total. The van der Waals surface area contributed by atoms with E-state index in [1.54, 1.807) is 6.33 Å². The highest BCUT2D eigenvalue weighted by atomic mass is 15.3. The maximum Gasteiger partial charge on any atom is 0.138 e. The fourth-order valence-corrected chi connectivity index (χ4v) is 1.72. The molecule has 0 saturated heterocycles. The van der Waals surface area contributed by atoms with E-state index >= 15 is 0 Å². The molecule has 1 aromatic rings. The van der Waals surface area contributed by atoms with E-state index in [9.17, 15) is 0 Å². The summed E-state index contributed by atoms with van der Waals surface area (Å²) in [6.45, 7) is 8.67. The van der Waals surface area contributed by atoms with Crippen LogP contribution in [0.1, 0.15) is 45.9 Å². The Morgan fingerprint density at radius 2 is 2.19 bits per heavy atom. The topological polar surface area (TPSA) is 42.7 Å². The van der Waals surface area contributed by atoms with Crippen molar-refractivity contribution < 1.29 is 0 Å². The highest BCUT2D eigenvalue weighted by molar-refractivity contribution is 4.85. The van der Waals surface area contributed by atoms with Crippen LogP contribution in [-0.2, 0) is 13.0 Å². The summed E-state index contributed by atoms with van der Waals surface area (Å²) in [7, 11) is 0. The van der Waals surface area contributed by atoms with Gasteiger partial charge in [-0.2, -0.15) is 5.10 Å². The second-order valence-corrected chi connectivity index (χ2v) is 4.29. The first-order valence-electron chi connectivity index (χ1n) is 6.38. The molecule has 1 heterocycles. The standard InChI is InChI=1S/C12H24N4/c1-4-8-13-11(3)6-7-12-14-10-15-16(12)9-5-2/h10-11,13H,4-9H2,1-3H3. The molecule has 1 unspecified atom stereocenters. The van der Waals surface area contributed by atoms with Crippen LogP contribution in [0.5, 0.6) is 0 Å². The summed E-state index contributed by atoms with van der Waals surface area (Å²) in [4.78, 5) is 4.31. The monoisotopic (exact) mass is 224 g/mol. The first kappa shape index (κ1) is 13.2. The van der Waals surface area contributed by atoms with Crippen molar-refractivity contribution in [2.45, 2.75) is 59.0 Å². The second-order valence-electron chi connectivity index (χ2n) is 4.29. The van der Waals surface area contributed by atoms with Crippen LogP contribution in [0.4, 0.5) is 0 Å². The van der Waals surface area contributed by atoms with E-state index in [1.165, 1.54) is 6.42 Å². The fraction of sp³-hybridized carbons (Fsp3) is 0.833. The maximum atomic E-state index is 4.31. The Kier molecular flexibility index (Phi) is 6.08. The van der Waals surface area contributed by atoms with Gasteiger partial charge in [0.05, 0.1) is 0 Å². The molecule has 92 valence electrons. The van der Waals surface area contributed by atoms with Crippen LogP contribution in [0, 0.1) is 0 Å². The van der Waals surface area contributed by atoms with E-state index in [1.807, 2.05) is 4.68 Å². The van der Waals surface area contributed by atoms with Gasteiger partial charge in [0.1, 0.15) is 12.2 Å². The molecule has 0 fully saturated rings. The third kappa shape index (κ3) is 4.31. The highest BCUT2D eigenvalue weighted by Crippen LogP contribution is 2.03. The third-order valence-electron chi connectivity index (χ3n) is 2.67. The summed E-state index contributed by atoms with van der Waals surface area (Å²) in [5.74, 6) is 1.12. The Labute approximate surface area is 98.5 Å². The number of nitrogens with one attached hydrogen (secondary N) is 1. The molecule has 0 spiro atoms. The van der Waals surface area contributed by atoms with Gasteiger partial charge in [0.25, 0.3) is 0 Å². The van der Waals surface area contributed by atoms with Crippen LogP contribution < -0.4 is 5.32 Å². The molecule has 0 saturated carbocycles. The Bertz CT molecular complexity index is 282. The lowest BCUT2D eigenvalue weighted by Crippen LogP contribution is -2.27. The molecule has 0 amide bonds. The van der Waals surface area contributed by atoms with E-state index < -0.39 is 0 Å². The lowest BCUT2D eigenvalue weighted by atomic mass is 10.1. The minimum Gasteiger partial charge on any atom is -0.314 e. The number of hydrogen-bond acceptors (Lipinski definition) is 3. The molecule has 0 aromatic carbocycles. The predicted octanol–water partition coefficient (Wildman–Crippen LogP) is 2.01. The summed E-state index contributed by atoms with van der Waals surface area (Å²) in [5, 5.41) is 7.72. The van der Waals surface area contributed by atoms with E-state index in [0.29, 0.717) is 6.04 Å². The van der Waals surface area contributed by atoms with Gasteiger partial charge in [0.2, 0.25) is 0 Å². The zero-order valence-electron chi connectivity index (χ0n) is 10.7. The minimum absolute atomic E-state index is 0.562. The Morgan fingerprint density at radius 3 is 2.88 bits per heavy atom. The van der Waals surface area contributed by atoms with E-state index in [0.717, 1.165) is 38.2 Å². The quantitative estimate of drug-likeness (QED) is 0.734. The normalized spacial score (nSPS) is 12.9. The van der Waals surface area contributed by atoms with E-state index in [-0.39, 0.29) is 0 Å². The van der Waals surface area contributed by atoms with Crippen molar-refractivity contribution in [1.82, 2.24) is 20.1 Å². The molecule has 1 aromatic heterocycles. The Balaban J connectivity index is 2.32. The summed E-state index contributed by atoms with van der Waals surface area (Å²) < 4.78 is 2.02. The van der Waals surface area contributed by atoms with Gasteiger partial charge in [-0.05, 0) is 32.7 Å². The molecule has 0 aliphatic rings. The van der Waals surface area contributed by atoms with Crippen LogP contribution in [-0.4, -0.2) is 27.4 Å². The number of aryl methyl sites for hydroxylation is 2. The van der Waals surface area contributed by atoms with Crippen molar-refractivity contribution in [3.8, 4) is 0 Å². The molecule has 0 aliphatic carbocycles. The van der Waals surface area contributed by atoms with Gasteiger partial charge in [-0.15, -0.1) is 0 Å². The van der Waals surface area contributed by atoms with Crippen molar-refractivity contribution in [2.75, 3.05) is 6.54 Å². The van der Waals surface area contributed by atoms with Crippen LogP contribution in [0.2, 0.25) is 0 Å². The first-order chi connectivity index (χ1) is 7.77. The lowest BCUT2D eigenvalue weighted by Gasteiger charge is -2.12. The van der Waals surface area contributed by atoms with Crippen molar-refractivity contribution >= 4 is 0 Å². The average molecular weight is 224 g/mol. The Morgan fingerprint density at radius 1 is 1.38 bits per heavy atom. The van der Waals surface area contributed by atoms with Crippen LogP contribution >= 0.6 is 0 Å². The van der Waals surface area contributed by atoms with Crippen molar-refractivity contribution in [3.63, 3.8) is 0 Å². The van der Waals surface area contributed by atoms with Gasteiger partial charge in [0, 0.05) is 19.0 Å². The van der Waals surface area contributed by atoms with Crippen LogP contribution in [0.3, 0.4) is 0 Å². The summed E-state index contributed by atoms with van der Waals surface area (Å²) >= 11 is 0. The molecule has 0 bridgehead atoms. The zero-order chi connectivity index (χ0) is 11.8. The van der Waals surface area contributed by atoms with Gasteiger partial charge in [0.15, 0.2) is 0 Å². The number of aromatic nitrogens is 3. The second kappa shape index (κ2) is 7.39. The third-order valence-corrected chi connectivity index (χ3v) is 2.67. The zero-order valence-corrected chi connectivity index (χ0v) is 10.7. The Hall–Kier alpha value is -0.900. The summed E-state index contributed by atoms with van der Waals surface area (Å²) in [5.41, 5.74) is 0. The van der Waals surface area contributed by atoms with Gasteiger partial charge in [-0.1, -0.05) is 13.8 Å². The molecule has 1 rings (SSSR count). The smallest absolute Gasteiger partial charge is 0.138 e. The van der Waals surface area contributed by atoms with E-state index in [4.69, 9.17) is 0 Å². The lowest BCUT2D eigenvalue weighted by molar-refractivity contribution is 0.491. The van der Waals surface area contributed by atoms with Crippen LogP contribution in [0.25, 0.3) is 0 Å². The van der Waals surface area contributed by atoms with E-state index in [2.05, 4.69) is 36.2 Å². The highest BCUT2D eigenvalue weighted by Gasteiger charge is 2.06. The van der Waals surface area contributed by atoms with Crippen molar-refractivity contribution in [3.05, 3.63) is 12.2 Å². The minimum atomic E-state index is 0.562. The number of rotatable bonds is 8. The average Bonchev–Trinajstić information content (AvgIpc) is 2.72. The molecular weight excluding hydrogens is 200 g/mol. The van der Waals surface area contributed by atoms with Crippen molar-refractivity contribution in [2.24, 2.45) is 0 Å². The molecule has 1 atom stereocenters.